The van der Waals surface area contributed by atoms with E-state index >= 15 is 0 Å². The van der Waals surface area contributed by atoms with E-state index in [1.807, 2.05) is 31.2 Å². The second-order valence-electron chi connectivity index (χ2n) is 7.23. The number of amides is 2. The molecule has 154 valence electrons. The van der Waals surface area contributed by atoms with Crippen LogP contribution in [-0.2, 0) is 9.59 Å². The van der Waals surface area contributed by atoms with Crippen LogP contribution in [0.2, 0.25) is 10.0 Å². The SMILES string of the molecule is CC(Sc1cccc(NC(=O)C2CCCCC2)c1)C(=O)Nc1ccc(Cl)cc1Cl. The van der Waals surface area contributed by atoms with Gasteiger partial charge in [-0.3, -0.25) is 9.59 Å². The van der Waals surface area contributed by atoms with Gasteiger partial charge in [0, 0.05) is 21.5 Å². The lowest BCUT2D eigenvalue weighted by Crippen LogP contribution is -2.24. The maximum absolute atomic E-state index is 12.5. The molecule has 4 nitrogen and oxygen atoms in total. The maximum atomic E-state index is 12.5. The Bertz CT molecular complexity index is 885. The summed E-state index contributed by atoms with van der Waals surface area (Å²) in [4.78, 5) is 25.9. The molecule has 7 heteroatoms. The number of halogens is 2. The Labute approximate surface area is 185 Å². The topological polar surface area (TPSA) is 58.2 Å². The van der Waals surface area contributed by atoms with E-state index in [4.69, 9.17) is 23.2 Å². The zero-order valence-electron chi connectivity index (χ0n) is 16.2. The molecule has 1 atom stereocenters. The van der Waals surface area contributed by atoms with Gasteiger partial charge in [-0.25, -0.2) is 0 Å². The van der Waals surface area contributed by atoms with Crippen LogP contribution >= 0.6 is 35.0 Å². The molecule has 1 unspecified atom stereocenters. The van der Waals surface area contributed by atoms with Crippen LogP contribution < -0.4 is 10.6 Å². The Balaban J connectivity index is 1.58. The molecule has 0 spiro atoms. The number of benzene rings is 2. The highest BCUT2D eigenvalue weighted by molar-refractivity contribution is 8.00. The molecule has 2 aromatic rings. The minimum atomic E-state index is -0.342. The Morgan fingerprint density at radius 3 is 2.52 bits per heavy atom. The third-order valence-corrected chi connectivity index (χ3v) is 6.59. The van der Waals surface area contributed by atoms with E-state index in [0.717, 1.165) is 36.3 Å². The lowest BCUT2D eigenvalue weighted by atomic mass is 9.88. The molecule has 2 N–H and O–H groups in total. The van der Waals surface area contributed by atoms with Crippen molar-refractivity contribution in [2.24, 2.45) is 5.92 Å². The quantitative estimate of drug-likeness (QED) is 0.485. The van der Waals surface area contributed by atoms with Crippen LogP contribution in [0, 0.1) is 5.92 Å². The Morgan fingerprint density at radius 2 is 1.79 bits per heavy atom. The molecule has 1 fully saturated rings. The number of carbonyl (C=O) groups is 2. The molecule has 1 aliphatic rings. The van der Waals surface area contributed by atoms with Gasteiger partial charge in [0.05, 0.1) is 16.0 Å². The third kappa shape index (κ3) is 6.39. The number of nitrogens with one attached hydrogen (secondary N) is 2. The Morgan fingerprint density at radius 1 is 1.03 bits per heavy atom. The van der Waals surface area contributed by atoms with E-state index in [-0.39, 0.29) is 23.0 Å². The summed E-state index contributed by atoms with van der Waals surface area (Å²) in [5, 5.41) is 6.42. The minimum Gasteiger partial charge on any atom is -0.326 e. The fourth-order valence-electron chi connectivity index (χ4n) is 3.34. The molecule has 0 aromatic heterocycles. The number of anilines is 2. The van der Waals surface area contributed by atoms with Crippen molar-refractivity contribution in [2.75, 3.05) is 10.6 Å². The van der Waals surface area contributed by atoms with Gasteiger partial charge in [-0.05, 0) is 56.2 Å². The van der Waals surface area contributed by atoms with Crippen molar-refractivity contribution in [1.82, 2.24) is 0 Å². The summed E-state index contributed by atoms with van der Waals surface area (Å²) >= 11 is 13.4. The van der Waals surface area contributed by atoms with Crippen LogP contribution in [0.5, 0.6) is 0 Å². The summed E-state index contributed by atoms with van der Waals surface area (Å²) in [6.45, 7) is 1.83. The average molecular weight is 451 g/mol. The van der Waals surface area contributed by atoms with E-state index in [1.165, 1.54) is 18.2 Å². The summed E-state index contributed by atoms with van der Waals surface area (Å²) < 4.78 is 0. The van der Waals surface area contributed by atoms with Crippen molar-refractivity contribution >= 4 is 58.2 Å². The summed E-state index contributed by atoms with van der Waals surface area (Å²) in [6.07, 6.45) is 5.39. The lowest BCUT2D eigenvalue weighted by Gasteiger charge is -2.21. The Hall–Kier alpha value is -1.69. The molecule has 2 amide bonds. The van der Waals surface area contributed by atoms with Crippen molar-refractivity contribution in [2.45, 2.75) is 49.2 Å². The Kier molecular flexibility index (Phi) is 7.87. The molecule has 2 aromatic carbocycles. The molecule has 0 bridgehead atoms. The van der Waals surface area contributed by atoms with Crippen molar-refractivity contribution < 1.29 is 9.59 Å². The molecule has 1 saturated carbocycles. The fourth-order valence-corrected chi connectivity index (χ4v) is 4.72. The molecule has 0 aliphatic heterocycles. The van der Waals surface area contributed by atoms with Gasteiger partial charge in [-0.1, -0.05) is 48.5 Å². The standard InChI is InChI=1S/C22H24Cl2N2O2S/c1-14(21(27)26-20-11-10-16(23)12-19(20)24)29-18-9-5-8-17(13-18)25-22(28)15-6-3-2-4-7-15/h5,8-15H,2-4,6-7H2,1H3,(H,25,28)(H,26,27). The van der Waals surface area contributed by atoms with E-state index in [9.17, 15) is 9.59 Å². The number of hydrogen-bond donors (Lipinski definition) is 2. The van der Waals surface area contributed by atoms with Crippen LogP contribution in [0.3, 0.4) is 0 Å². The minimum absolute atomic E-state index is 0.0926. The first kappa shape index (κ1) is 22.0. The molecule has 0 saturated heterocycles. The maximum Gasteiger partial charge on any atom is 0.237 e. The van der Waals surface area contributed by atoms with Crippen molar-refractivity contribution in [3.8, 4) is 0 Å². The van der Waals surface area contributed by atoms with Gasteiger partial charge in [0.25, 0.3) is 0 Å². The molecule has 3 rings (SSSR count). The smallest absolute Gasteiger partial charge is 0.237 e. The van der Waals surface area contributed by atoms with Crippen LogP contribution in [0.1, 0.15) is 39.0 Å². The van der Waals surface area contributed by atoms with Crippen molar-refractivity contribution in [3.05, 3.63) is 52.5 Å². The molecule has 29 heavy (non-hydrogen) atoms. The van der Waals surface area contributed by atoms with Crippen LogP contribution in [0.15, 0.2) is 47.4 Å². The highest BCUT2D eigenvalue weighted by atomic mass is 35.5. The number of hydrogen-bond acceptors (Lipinski definition) is 3. The normalized spacial score (nSPS) is 15.6. The first-order valence-corrected chi connectivity index (χ1v) is 11.4. The van der Waals surface area contributed by atoms with Gasteiger partial charge in [-0.2, -0.15) is 0 Å². The predicted molar refractivity (Wildman–Crippen MR) is 122 cm³/mol. The molecule has 0 radical (unpaired) electrons. The van der Waals surface area contributed by atoms with Crippen LogP contribution in [-0.4, -0.2) is 17.1 Å². The second-order valence-corrected chi connectivity index (χ2v) is 9.48. The summed E-state index contributed by atoms with van der Waals surface area (Å²) in [7, 11) is 0. The number of rotatable bonds is 6. The number of carbonyl (C=O) groups excluding carboxylic acids is 2. The highest BCUT2D eigenvalue weighted by Gasteiger charge is 2.21. The van der Waals surface area contributed by atoms with E-state index in [0.29, 0.717) is 15.7 Å². The summed E-state index contributed by atoms with van der Waals surface area (Å²) in [5.41, 5.74) is 1.29. The van der Waals surface area contributed by atoms with Crippen molar-refractivity contribution in [3.63, 3.8) is 0 Å². The monoisotopic (exact) mass is 450 g/mol. The molecular formula is C22H24Cl2N2O2S. The lowest BCUT2D eigenvalue weighted by molar-refractivity contribution is -0.120. The van der Waals surface area contributed by atoms with E-state index in [2.05, 4.69) is 10.6 Å². The highest BCUT2D eigenvalue weighted by Crippen LogP contribution is 2.30. The van der Waals surface area contributed by atoms with E-state index in [1.54, 1.807) is 18.2 Å². The first-order valence-electron chi connectivity index (χ1n) is 9.76. The van der Waals surface area contributed by atoms with Gasteiger partial charge >= 0.3 is 0 Å². The van der Waals surface area contributed by atoms with Gasteiger partial charge in [0.2, 0.25) is 11.8 Å². The summed E-state index contributed by atoms with van der Waals surface area (Å²) in [5.74, 6) is 0.0415. The number of thioether (sulfide) groups is 1. The molecule has 0 heterocycles. The van der Waals surface area contributed by atoms with Crippen LogP contribution in [0.4, 0.5) is 11.4 Å². The van der Waals surface area contributed by atoms with Gasteiger partial charge in [-0.15, -0.1) is 11.8 Å². The van der Waals surface area contributed by atoms with Crippen LogP contribution in [0.25, 0.3) is 0 Å². The van der Waals surface area contributed by atoms with Crippen molar-refractivity contribution in [1.29, 1.82) is 0 Å². The largest absolute Gasteiger partial charge is 0.326 e. The third-order valence-electron chi connectivity index (χ3n) is 4.95. The van der Waals surface area contributed by atoms with Gasteiger partial charge in [0.1, 0.15) is 0 Å². The fraction of sp³-hybridized carbons (Fsp3) is 0.364. The second kappa shape index (κ2) is 10.4. The summed E-state index contributed by atoms with van der Waals surface area (Å²) in [6, 6.07) is 12.6. The van der Waals surface area contributed by atoms with Gasteiger partial charge in [0.15, 0.2) is 0 Å². The van der Waals surface area contributed by atoms with Gasteiger partial charge < -0.3 is 10.6 Å². The zero-order chi connectivity index (χ0) is 20.8. The molecule has 1 aliphatic carbocycles. The first-order chi connectivity index (χ1) is 13.9. The zero-order valence-corrected chi connectivity index (χ0v) is 18.5. The van der Waals surface area contributed by atoms with E-state index < -0.39 is 0 Å². The average Bonchev–Trinajstić information content (AvgIpc) is 2.71. The molecular weight excluding hydrogens is 427 g/mol. The predicted octanol–water partition coefficient (Wildman–Crippen LogP) is 6.63.